The lowest BCUT2D eigenvalue weighted by Gasteiger charge is -2.33. The molecule has 5 rings (SSSR count). The number of aliphatic carboxylic acids is 1. The van der Waals surface area contributed by atoms with Crippen molar-refractivity contribution in [1.82, 2.24) is 4.90 Å². The van der Waals surface area contributed by atoms with Crippen molar-refractivity contribution in [2.75, 3.05) is 5.32 Å². The van der Waals surface area contributed by atoms with Gasteiger partial charge >= 0.3 is 12.1 Å². The van der Waals surface area contributed by atoms with E-state index in [0.717, 1.165) is 4.90 Å². The summed E-state index contributed by atoms with van der Waals surface area (Å²) in [6.45, 7) is -0.0788. The molecule has 0 radical (unpaired) electrons. The van der Waals surface area contributed by atoms with Gasteiger partial charge < -0.3 is 25.0 Å². The Labute approximate surface area is 220 Å². The summed E-state index contributed by atoms with van der Waals surface area (Å²) in [7, 11) is 0. The topological polar surface area (TPSA) is 125 Å². The Morgan fingerprint density at radius 2 is 1.65 bits per heavy atom. The first-order valence-electron chi connectivity index (χ1n) is 11.0. The van der Waals surface area contributed by atoms with Crippen LogP contribution < -0.4 is 14.8 Å². The predicted molar refractivity (Wildman–Crippen MR) is 135 cm³/mol. The number of hydrogen-bond acceptors (Lipinski definition) is 5. The molecule has 0 spiro atoms. The third-order valence-electron chi connectivity index (χ3n) is 6.05. The standard InChI is InChI=1S/C26H18Cl2N2O7/c27-18-6-3-14(7-19(18)28)24(31)29-17-4-1-13(2-5-17)23-12-36-21-9-15-8-20(25(32)33)30(26(34)35)11-16(15)10-22(21)37-23/h1-7,9-10,12,20H,8,11H2,(H,29,31)(H,32,33)(H,34,35)/t20-/m0/s1. The van der Waals surface area contributed by atoms with Crippen LogP contribution in [0.25, 0.3) is 5.76 Å². The summed E-state index contributed by atoms with van der Waals surface area (Å²) in [4.78, 5) is 36.5. The predicted octanol–water partition coefficient (Wildman–Crippen LogP) is 5.50. The number of carbonyl (C=O) groups excluding carboxylic acids is 1. The molecule has 3 aromatic rings. The monoisotopic (exact) mass is 540 g/mol. The molecule has 2 heterocycles. The van der Waals surface area contributed by atoms with Crippen molar-refractivity contribution in [3.63, 3.8) is 0 Å². The third-order valence-corrected chi connectivity index (χ3v) is 6.79. The number of halogens is 2. The van der Waals surface area contributed by atoms with Crippen molar-refractivity contribution in [2.24, 2.45) is 0 Å². The molecule has 0 fully saturated rings. The summed E-state index contributed by atoms with van der Waals surface area (Å²) in [5, 5.41) is 22.3. The molecule has 3 N–H and O–H groups in total. The van der Waals surface area contributed by atoms with E-state index in [0.29, 0.717) is 50.2 Å². The Balaban J connectivity index is 1.31. The molecule has 188 valence electrons. The fourth-order valence-electron chi connectivity index (χ4n) is 4.13. The van der Waals surface area contributed by atoms with Crippen molar-refractivity contribution in [3.8, 4) is 11.5 Å². The highest BCUT2D eigenvalue weighted by Crippen LogP contribution is 2.40. The van der Waals surface area contributed by atoms with Gasteiger partial charge in [0.15, 0.2) is 17.3 Å². The number of ether oxygens (including phenoxy) is 2. The zero-order valence-electron chi connectivity index (χ0n) is 18.9. The van der Waals surface area contributed by atoms with E-state index in [4.69, 9.17) is 32.7 Å². The van der Waals surface area contributed by atoms with Gasteiger partial charge in [0.2, 0.25) is 0 Å². The van der Waals surface area contributed by atoms with Crippen LogP contribution in [0.4, 0.5) is 10.5 Å². The van der Waals surface area contributed by atoms with E-state index >= 15 is 0 Å². The lowest BCUT2D eigenvalue weighted by Crippen LogP contribution is -2.48. The van der Waals surface area contributed by atoms with Crippen LogP contribution in [-0.2, 0) is 17.8 Å². The minimum Gasteiger partial charge on any atom is -0.480 e. The molecule has 0 unspecified atom stereocenters. The fraction of sp³-hybridized carbons (Fsp3) is 0.115. The molecule has 0 bridgehead atoms. The molecule has 0 aliphatic carbocycles. The number of nitrogens with one attached hydrogen (secondary N) is 1. The lowest BCUT2D eigenvalue weighted by atomic mass is 9.93. The van der Waals surface area contributed by atoms with E-state index in [-0.39, 0.29) is 23.9 Å². The van der Waals surface area contributed by atoms with Crippen molar-refractivity contribution < 1.29 is 34.1 Å². The average Bonchev–Trinajstić information content (AvgIpc) is 2.88. The highest BCUT2D eigenvalue weighted by Gasteiger charge is 2.36. The lowest BCUT2D eigenvalue weighted by molar-refractivity contribution is -0.143. The van der Waals surface area contributed by atoms with Crippen LogP contribution in [0.5, 0.6) is 11.5 Å². The number of carbonyl (C=O) groups is 3. The second-order valence-electron chi connectivity index (χ2n) is 8.40. The Hall–Kier alpha value is -4.21. The van der Waals surface area contributed by atoms with Gasteiger partial charge in [-0.15, -0.1) is 0 Å². The molecule has 0 saturated heterocycles. The number of nitrogens with zero attached hydrogens (tertiary/aromatic N) is 1. The van der Waals surface area contributed by atoms with Crippen LogP contribution in [0.2, 0.25) is 10.0 Å². The molecule has 2 amide bonds. The second kappa shape index (κ2) is 9.68. The van der Waals surface area contributed by atoms with E-state index < -0.39 is 18.1 Å². The number of rotatable bonds is 4. The number of fused-ring (bicyclic) bond motifs is 2. The summed E-state index contributed by atoms with van der Waals surface area (Å²) in [6.07, 6.45) is 0.151. The average molecular weight is 541 g/mol. The van der Waals surface area contributed by atoms with Crippen molar-refractivity contribution in [2.45, 2.75) is 19.0 Å². The number of carboxylic acids is 1. The number of anilines is 1. The first-order chi connectivity index (χ1) is 17.7. The van der Waals surface area contributed by atoms with Crippen LogP contribution in [0.1, 0.15) is 27.0 Å². The van der Waals surface area contributed by atoms with Crippen LogP contribution in [-0.4, -0.2) is 39.1 Å². The second-order valence-corrected chi connectivity index (χ2v) is 9.21. The normalized spacial score (nSPS) is 15.9. The molecular weight excluding hydrogens is 523 g/mol. The molecule has 2 aliphatic rings. The van der Waals surface area contributed by atoms with E-state index in [1.54, 1.807) is 48.5 Å². The first kappa shape index (κ1) is 24.5. The fourth-order valence-corrected chi connectivity index (χ4v) is 4.43. The quantitative estimate of drug-likeness (QED) is 0.398. The maximum Gasteiger partial charge on any atom is 0.408 e. The SMILES string of the molecule is O=C(Nc1ccc(C2=COc3cc4c(cc3O2)CN(C(=O)O)[C@H](C(=O)O)C4)cc1)c1ccc(Cl)c(Cl)c1. The van der Waals surface area contributed by atoms with Crippen molar-refractivity contribution in [1.29, 1.82) is 0 Å². The van der Waals surface area contributed by atoms with Crippen LogP contribution >= 0.6 is 23.2 Å². The highest BCUT2D eigenvalue weighted by molar-refractivity contribution is 6.42. The molecule has 11 heteroatoms. The van der Waals surface area contributed by atoms with E-state index in [1.165, 1.54) is 12.3 Å². The molecule has 3 aromatic carbocycles. The van der Waals surface area contributed by atoms with E-state index in [9.17, 15) is 24.6 Å². The highest BCUT2D eigenvalue weighted by atomic mass is 35.5. The summed E-state index contributed by atoms with van der Waals surface area (Å²) in [6, 6.07) is 13.7. The van der Waals surface area contributed by atoms with Gasteiger partial charge in [-0.1, -0.05) is 23.2 Å². The molecule has 9 nitrogen and oxygen atoms in total. The number of hydrogen-bond donors (Lipinski definition) is 3. The third kappa shape index (κ3) is 4.91. The minimum absolute atomic E-state index is 0.0274. The molecular formula is C26H18Cl2N2O7. The van der Waals surface area contributed by atoms with Gasteiger partial charge in [-0.05, 0) is 65.7 Å². The smallest absolute Gasteiger partial charge is 0.408 e. The van der Waals surface area contributed by atoms with Gasteiger partial charge in [-0.3, -0.25) is 9.69 Å². The summed E-state index contributed by atoms with van der Waals surface area (Å²) >= 11 is 11.9. The largest absolute Gasteiger partial charge is 0.480 e. The Kier molecular flexibility index (Phi) is 6.41. The number of amides is 2. The zero-order chi connectivity index (χ0) is 26.3. The van der Waals surface area contributed by atoms with Crippen LogP contribution in [0.15, 0.2) is 60.9 Å². The van der Waals surface area contributed by atoms with E-state index in [2.05, 4.69) is 5.32 Å². The Bertz CT molecular complexity index is 1470. The van der Waals surface area contributed by atoms with Gasteiger partial charge in [-0.2, -0.15) is 0 Å². The minimum atomic E-state index is -1.31. The molecule has 1 atom stereocenters. The Morgan fingerprint density at radius 1 is 0.919 bits per heavy atom. The number of benzene rings is 3. The molecule has 0 aromatic heterocycles. The maximum absolute atomic E-state index is 12.5. The van der Waals surface area contributed by atoms with Gasteiger partial charge in [-0.25, -0.2) is 9.59 Å². The number of carboxylic acid groups (broad SMARTS) is 2. The summed E-state index contributed by atoms with van der Waals surface area (Å²) in [5.74, 6) is -0.360. The Morgan fingerprint density at radius 3 is 2.32 bits per heavy atom. The zero-order valence-corrected chi connectivity index (χ0v) is 20.4. The maximum atomic E-state index is 12.5. The van der Waals surface area contributed by atoms with Gasteiger partial charge in [0.25, 0.3) is 5.91 Å². The van der Waals surface area contributed by atoms with Crippen LogP contribution in [0, 0.1) is 0 Å². The summed E-state index contributed by atoms with van der Waals surface area (Å²) in [5.41, 5.74) is 2.92. The van der Waals surface area contributed by atoms with Crippen molar-refractivity contribution in [3.05, 3.63) is 93.2 Å². The van der Waals surface area contributed by atoms with Gasteiger partial charge in [0.1, 0.15) is 12.3 Å². The summed E-state index contributed by atoms with van der Waals surface area (Å²) < 4.78 is 11.8. The van der Waals surface area contributed by atoms with Crippen molar-refractivity contribution >= 4 is 52.6 Å². The first-order valence-corrected chi connectivity index (χ1v) is 11.7. The van der Waals surface area contributed by atoms with Gasteiger partial charge in [0.05, 0.1) is 16.6 Å². The van der Waals surface area contributed by atoms with Crippen LogP contribution in [0.3, 0.4) is 0 Å². The van der Waals surface area contributed by atoms with E-state index in [1.807, 2.05) is 0 Å². The molecule has 2 aliphatic heterocycles. The van der Waals surface area contributed by atoms with Gasteiger partial charge in [0, 0.05) is 23.2 Å². The molecule has 37 heavy (non-hydrogen) atoms. The molecule has 0 saturated carbocycles.